The van der Waals surface area contributed by atoms with Crippen LogP contribution in [0.4, 0.5) is 0 Å². The molecule has 94 valence electrons. The number of rotatable bonds is 5. The molecule has 3 heteroatoms. The van der Waals surface area contributed by atoms with Gasteiger partial charge in [-0.05, 0) is 32.6 Å². The normalized spacial score (nSPS) is 22.8. The Morgan fingerprint density at radius 2 is 1.94 bits per heavy atom. The van der Waals surface area contributed by atoms with Gasteiger partial charge in [0.15, 0.2) is 0 Å². The van der Waals surface area contributed by atoms with E-state index >= 15 is 0 Å². The van der Waals surface area contributed by atoms with Crippen molar-refractivity contribution in [2.45, 2.75) is 64.8 Å². The topological polar surface area (TPSA) is 55.1 Å². The van der Waals surface area contributed by atoms with Crippen LogP contribution in [0.5, 0.6) is 0 Å². The van der Waals surface area contributed by atoms with Gasteiger partial charge in [-0.15, -0.1) is 0 Å². The minimum atomic E-state index is -0.234. The third-order valence-electron chi connectivity index (χ3n) is 4.37. The van der Waals surface area contributed by atoms with Gasteiger partial charge in [0.05, 0.1) is 0 Å². The largest absolute Gasteiger partial charge is 0.349 e. The molecule has 1 aliphatic rings. The Morgan fingerprint density at radius 3 is 2.31 bits per heavy atom. The molecule has 0 aromatic heterocycles. The van der Waals surface area contributed by atoms with Crippen molar-refractivity contribution in [2.75, 3.05) is 6.54 Å². The molecular weight excluding hydrogens is 200 g/mol. The van der Waals surface area contributed by atoms with Crippen molar-refractivity contribution in [2.24, 2.45) is 11.1 Å². The Balaban J connectivity index is 2.70. The van der Waals surface area contributed by atoms with Gasteiger partial charge in [-0.25, -0.2) is 0 Å². The molecular formula is C13H26N2O. The van der Waals surface area contributed by atoms with Crippen molar-refractivity contribution in [1.29, 1.82) is 0 Å². The molecule has 0 bridgehead atoms. The van der Waals surface area contributed by atoms with E-state index in [1.165, 1.54) is 12.8 Å². The molecule has 1 aliphatic carbocycles. The predicted octanol–water partition coefficient (Wildman–Crippen LogP) is 2.20. The first-order valence-electron chi connectivity index (χ1n) is 6.54. The lowest BCUT2D eigenvalue weighted by Crippen LogP contribution is -2.55. The average Bonchev–Trinajstić information content (AvgIpc) is 2.78. The quantitative estimate of drug-likeness (QED) is 0.755. The van der Waals surface area contributed by atoms with E-state index in [1.54, 1.807) is 0 Å². The summed E-state index contributed by atoms with van der Waals surface area (Å²) in [4.78, 5) is 12.4. The number of carbonyl (C=O) groups excluding carboxylic acids is 1. The van der Waals surface area contributed by atoms with Crippen LogP contribution in [0.15, 0.2) is 0 Å². The van der Waals surface area contributed by atoms with E-state index in [0.717, 1.165) is 25.7 Å². The zero-order valence-corrected chi connectivity index (χ0v) is 10.9. The molecule has 1 atom stereocenters. The molecule has 0 heterocycles. The predicted molar refractivity (Wildman–Crippen MR) is 67.1 cm³/mol. The number of carbonyl (C=O) groups is 1. The van der Waals surface area contributed by atoms with Gasteiger partial charge in [0.25, 0.3) is 0 Å². The molecule has 0 aromatic rings. The average molecular weight is 226 g/mol. The highest BCUT2D eigenvalue weighted by Gasteiger charge is 2.41. The highest BCUT2D eigenvalue weighted by Crippen LogP contribution is 2.41. The summed E-state index contributed by atoms with van der Waals surface area (Å²) in [5.41, 5.74) is 5.39. The van der Waals surface area contributed by atoms with E-state index in [2.05, 4.69) is 19.2 Å². The third-order valence-corrected chi connectivity index (χ3v) is 4.37. The second-order valence-corrected chi connectivity index (χ2v) is 5.41. The van der Waals surface area contributed by atoms with Gasteiger partial charge in [0.1, 0.15) is 0 Å². The monoisotopic (exact) mass is 226 g/mol. The van der Waals surface area contributed by atoms with Crippen molar-refractivity contribution in [3.05, 3.63) is 0 Å². The zero-order valence-electron chi connectivity index (χ0n) is 10.9. The molecule has 0 aliphatic heterocycles. The van der Waals surface area contributed by atoms with E-state index in [-0.39, 0.29) is 16.9 Å². The lowest BCUT2D eigenvalue weighted by molar-refractivity contribution is -0.132. The van der Waals surface area contributed by atoms with E-state index in [4.69, 9.17) is 5.73 Å². The van der Waals surface area contributed by atoms with E-state index in [1.807, 2.05) is 6.92 Å². The number of hydrogen-bond acceptors (Lipinski definition) is 2. The molecule has 0 spiro atoms. The Morgan fingerprint density at radius 1 is 1.38 bits per heavy atom. The molecule has 1 rings (SSSR count). The van der Waals surface area contributed by atoms with Gasteiger partial charge in [0.2, 0.25) is 5.91 Å². The van der Waals surface area contributed by atoms with Crippen LogP contribution in [0.2, 0.25) is 0 Å². The van der Waals surface area contributed by atoms with Crippen LogP contribution >= 0.6 is 0 Å². The smallest absolute Gasteiger partial charge is 0.226 e. The van der Waals surface area contributed by atoms with Crippen LogP contribution in [-0.4, -0.2) is 18.0 Å². The third kappa shape index (κ3) is 2.57. The number of nitrogens with two attached hydrogens (primary N) is 1. The summed E-state index contributed by atoms with van der Waals surface area (Å²) in [5, 5.41) is 3.16. The fourth-order valence-electron chi connectivity index (χ4n) is 2.48. The van der Waals surface area contributed by atoms with Gasteiger partial charge >= 0.3 is 0 Å². The minimum Gasteiger partial charge on any atom is -0.349 e. The fraction of sp³-hybridized carbons (Fsp3) is 0.923. The van der Waals surface area contributed by atoms with Crippen LogP contribution in [0, 0.1) is 5.41 Å². The van der Waals surface area contributed by atoms with Crippen LogP contribution in [0.3, 0.4) is 0 Å². The zero-order chi connectivity index (χ0) is 12.2. The fourth-order valence-corrected chi connectivity index (χ4v) is 2.48. The van der Waals surface area contributed by atoms with Crippen LogP contribution in [0.25, 0.3) is 0 Å². The maximum absolute atomic E-state index is 12.4. The highest BCUT2D eigenvalue weighted by molar-refractivity contribution is 5.83. The molecule has 3 N–H and O–H groups in total. The maximum Gasteiger partial charge on any atom is 0.226 e. The Bertz CT molecular complexity index is 240. The maximum atomic E-state index is 12.4. The van der Waals surface area contributed by atoms with E-state index < -0.39 is 0 Å². The molecule has 1 saturated carbocycles. The SMILES string of the molecule is CCC(C)(CN)NC(=O)C1(CC)CCCC1. The minimum absolute atomic E-state index is 0.106. The molecule has 3 nitrogen and oxygen atoms in total. The lowest BCUT2D eigenvalue weighted by Gasteiger charge is -2.34. The van der Waals surface area contributed by atoms with Gasteiger partial charge in [-0.2, -0.15) is 0 Å². The van der Waals surface area contributed by atoms with Crippen molar-refractivity contribution in [1.82, 2.24) is 5.32 Å². The standard InChI is InChI=1S/C13H26N2O/c1-4-12(3,10-14)15-11(16)13(5-2)8-6-7-9-13/h4-10,14H2,1-3H3,(H,15,16). The number of hydrogen-bond donors (Lipinski definition) is 2. The first-order chi connectivity index (χ1) is 7.52. The Kier molecular flexibility index (Phi) is 4.36. The van der Waals surface area contributed by atoms with Gasteiger partial charge < -0.3 is 11.1 Å². The summed E-state index contributed by atoms with van der Waals surface area (Å²) in [6, 6.07) is 0. The van der Waals surface area contributed by atoms with Crippen molar-refractivity contribution < 1.29 is 4.79 Å². The van der Waals surface area contributed by atoms with Gasteiger partial charge in [-0.3, -0.25) is 4.79 Å². The molecule has 0 saturated heterocycles. The van der Waals surface area contributed by atoms with Gasteiger partial charge in [0, 0.05) is 17.5 Å². The van der Waals surface area contributed by atoms with Crippen molar-refractivity contribution in [3.63, 3.8) is 0 Å². The van der Waals surface area contributed by atoms with E-state index in [9.17, 15) is 4.79 Å². The lowest BCUT2D eigenvalue weighted by atomic mass is 9.81. The van der Waals surface area contributed by atoms with Crippen molar-refractivity contribution >= 4 is 5.91 Å². The summed E-state index contributed by atoms with van der Waals surface area (Å²) >= 11 is 0. The van der Waals surface area contributed by atoms with Crippen molar-refractivity contribution in [3.8, 4) is 0 Å². The molecule has 0 aromatic carbocycles. The Labute approximate surface area is 99.2 Å². The Hall–Kier alpha value is -0.570. The molecule has 0 radical (unpaired) electrons. The second kappa shape index (κ2) is 5.17. The van der Waals surface area contributed by atoms with Crippen LogP contribution in [0.1, 0.15) is 59.3 Å². The molecule has 16 heavy (non-hydrogen) atoms. The summed E-state index contributed by atoms with van der Waals surface area (Å²) in [7, 11) is 0. The first kappa shape index (κ1) is 13.5. The second-order valence-electron chi connectivity index (χ2n) is 5.41. The van der Waals surface area contributed by atoms with Crippen LogP contribution < -0.4 is 11.1 Å². The number of nitrogens with one attached hydrogen (secondary N) is 1. The van der Waals surface area contributed by atoms with Gasteiger partial charge in [-0.1, -0.05) is 26.7 Å². The summed E-state index contributed by atoms with van der Waals surface area (Å²) < 4.78 is 0. The molecule has 1 unspecified atom stereocenters. The summed E-state index contributed by atoms with van der Waals surface area (Å²) in [5.74, 6) is 0.224. The highest BCUT2D eigenvalue weighted by atomic mass is 16.2. The molecule has 1 fully saturated rings. The summed E-state index contributed by atoms with van der Waals surface area (Å²) in [6.45, 7) is 6.73. The number of amides is 1. The van der Waals surface area contributed by atoms with Crippen LogP contribution in [-0.2, 0) is 4.79 Å². The molecule has 1 amide bonds. The summed E-state index contributed by atoms with van der Waals surface area (Å²) in [6.07, 6.45) is 6.29. The first-order valence-corrected chi connectivity index (χ1v) is 6.54. The van der Waals surface area contributed by atoms with E-state index in [0.29, 0.717) is 6.54 Å².